The van der Waals surface area contributed by atoms with Crippen LogP contribution in [-0.2, 0) is 0 Å². The van der Waals surface area contributed by atoms with Crippen molar-refractivity contribution in [3.63, 3.8) is 0 Å². The lowest BCUT2D eigenvalue weighted by molar-refractivity contribution is 0.935. The number of nitrogens with two attached hydrogens (primary N) is 1. The van der Waals surface area contributed by atoms with E-state index in [1.807, 2.05) is 13.8 Å². The number of rotatable bonds is 3. The molecule has 0 spiro atoms. The molecule has 0 atom stereocenters. The number of hydrogen-bond acceptors (Lipinski definition) is 5. The second-order valence-electron chi connectivity index (χ2n) is 4.56. The van der Waals surface area contributed by atoms with E-state index in [1.165, 1.54) is 16.0 Å². The molecule has 0 aliphatic heterocycles. The molecule has 1 heterocycles. The summed E-state index contributed by atoms with van der Waals surface area (Å²) >= 11 is 1.65. The van der Waals surface area contributed by atoms with E-state index in [2.05, 4.69) is 47.4 Å². The standard InChI is InChI=1S/C14H18N4S/c1-8-5-6-12(9(2)7-8)19-14-10(3)13(18-15)16-11(4)17-14/h5-7H,15H2,1-4H3,(H,16,17,18). The van der Waals surface area contributed by atoms with Gasteiger partial charge >= 0.3 is 0 Å². The Morgan fingerprint density at radius 3 is 2.47 bits per heavy atom. The first-order chi connectivity index (χ1) is 9.01. The van der Waals surface area contributed by atoms with Gasteiger partial charge in [0.15, 0.2) is 0 Å². The van der Waals surface area contributed by atoms with E-state index in [9.17, 15) is 0 Å². The van der Waals surface area contributed by atoms with E-state index in [1.54, 1.807) is 11.8 Å². The maximum atomic E-state index is 5.48. The average Bonchev–Trinajstić information content (AvgIpc) is 2.36. The second kappa shape index (κ2) is 5.59. The molecule has 0 aliphatic carbocycles. The van der Waals surface area contributed by atoms with Crippen molar-refractivity contribution < 1.29 is 0 Å². The monoisotopic (exact) mass is 274 g/mol. The zero-order valence-electron chi connectivity index (χ0n) is 11.6. The number of nitrogens with zero attached hydrogens (tertiary/aromatic N) is 2. The van der Waals surface area contributed by atoms with Crippen LogP contribution >= 0.6 is 11.8 Å². The lowest BCUT2D eigenvalue weighted by Gasteiger charge is -2.11. The summed E-state index contributed by atoms with van der Waals surface area (Å²) in [6, 6.07) is 6.41. The van der Waals surface area contributed by atoms with Gasteiger partial charge in [0.25, 0.3) is 0 Å². The molecule has 0 fully saturated rings. The summed E-state index contributed by atoms with van der Waals surface area (Å²) in [5.41, 5.74) is 6.11. The Bertz CT molecular complexity index is 611. The third-order valence-corrected chi connectivity index (χ3v) is 4.16. The summed E-state index contributed by atoms with van der Waals surface area (Å²) in [7, 11) is 0. The minimum atomic E-state index is 0.680. The van der Waals surface area contributed by atoms with Crippen molar-refractivity contribution in [3.05, 3.63) is 40.7 Å². The molecule has 3 N–H and O–H groups in total. The Morgan fingerprint density at radius 2 is 1.84 bits per heavy atom. The molecule has 2 aromatic rings. The van der Waals surface area contributed by atoms with Crippen LogP contribution in [0.5, 0.6) is 0 Å². The molecule has 19 heavy (non-hydrogen) atoms. The van der Waals surface area contributed by atoms with Crippen LogP contribution in [0, 0.1) is 27.7 Å². The van der Waals surface area contributed by atoms with Crippen LogP contribution in [0.4, 0.5) is 5.82 Å². The van der Waals surface area contributed by atoms with Gasteiger partial charge in [0, 0.05) is 10.5 Å². The molecule has 0 amide bonds. The molecule has 5 heteroatoms. The molecule has 0 saturated heterocycles. The highest BCUT2D eigenvalue weighted by Gasteiger charge is 2.11. The number of benzene rings is 1. The molecule has 0 bridgehead atoms. The zero-order valence-corrected chi connectivity index (χ0v) is 12.4. The highest BCUT2D eigenvalue weighted by atomic mass is 32.2. The van der Waals surface area contributed by atoms with Crippen molar-refractivity contribution in [1.82, 2.24) is 9.97 Å². The Labute approximate surface area is 117 Å². The van der Waals surface area contributed by atoms with Gasteiger partial charge in [-0.05, 0) is 39.3 Å². The first-order valence-electron chi connectivity index (χ1n) is 6.08. The molecule has 1 aromatic carbocycles. The summed E-state index contributed by atoms with van der Waals surface area (Å²) in [4.78, 5) is 9.97. The molecule has 0 aliphatic rings. The summed E-state index contributed by atoms with van der Waals surface area (Å²) in [6.07, 6.45) is 0. The van der Waals surface area contributed by atoms with Crippen LogP contribution < -0.4 is 11.3 Å². The van der Waals surface area contributed by atoms with E-state index in [0.29, 0.717) is 11.6 Å². The number of hydrazine groups is 1. The number of anilines is 1. The van der Waals surface area contributed by atoms with Crippen molar-refractivity contribution in [2.24, 2.45) is 5.84 Å². The maximum absolute atomic E-state index is 5.48. The molecule has 100 valence electrons. The van der Waals surface area contributed by atoms with Crippen LogP contribution in [0.2, 0.25) is 0 Å². The minimum Gasteiger partial charge on any atom is -0.308 e. The predicted octanol–water partition coefficient (Wildman–Crippen LogP) is 3.15. The first-order valence-corrected chi connectivity index (χ1v) is 6.90. The van der Waals surface area contributed by atoms with Gasteiger partial charge in [0.2, 0.25) is 0 Å². The third-order valence-electron chi connectivity index (χ3n) is 2.89. The number of aryl methyl sites for hydroxylation is 3. The molecule has 0 radical (unpaired) electrons. The Balaban J connectivity index is 2.40. The topological polar surface area (TPSA) is 63.8 Å². The smallest absolute Gasteiger partial charge is 0.147 e. The fourth-order valence-corrected chi connectivity index (χ4v) is 2.85. The summed E-state index contributed by atoms with van der Waals surface area (Å²) in [5, 5.41) is 0.937. The van der Waals surface area contributed by atoms with Crippen molar-refractivity contribution in [2.45, 2.75) is 37.6 Å². The molecule has 4 nitrogen and oxygen atoms in total. The highest BCUT2D eigenvalue weighted by molar-refractivity contribution is 7.99. The van der Waals surface area contributed by atoms with Gasteiger partial charge < -0.3 is 5.43 Å². The molecular formula is C14H18N4S. The summed E-state index contributed by atoms with van der Waals surface area (Å²) in [5.74, 6) is 6.88. The quantitative estimate of drug-likeness (QED) is 0.511. The summed E-state index contributed by atoms with van der Waals surface area (Å²) in [6.45, 7) is 8.05. The fraction of sp³-hybridized carbons (Fsp3) is 0.286. The molecule has 1 aromatic heterocycles. The van der Waals surface area contributed by atoms with Gasteiger partial charge in [-0.3, -0.25) is 0 Å². The van der Waals surface area contributed by atoms with Crippen LogP contribution in [0.25, 0.3) is 0 Å². The van der Waals surface area contributed by atoms with Gasteiger partial charge in [-0.25, -0.2) is 15.8 Å². The van der Waals surface area contributed by atoms with Crippen molar-refractivity contribution in [1.29, 1.82) is 0 Å². The lowest BCUT2D eigenvalue weighted by atomic mass is 10.2. The number of nitrogen functional groups attached to an aromatic ring is 1. The van der Waals surface area contributed by atoms with Gasteiger partial charge in [0.05, 0.1) is 0 Å². The third kappa shape index (κ3) is 3.05. The SMILES string of the molecule is Cc1ccc(Sc2nc(C)nc(NN)c2C)c(C)c1. The molecule has 0 unspecified atom stereocenters. The number of nitrogens with one attached hydrogen (secondary N) is 1. The lowest BCUT2D eigenvalue weighted by Crippen LogP contribution is -2.12. The Hall–Kier alpha value is -1.59. The average molecular weight is 274 g/mol. The van der Waals surface area contributed by atoms with Gasteiger partial charge in [-0.2, -0.15) is 0 Å². The summed E-state index contributed by atoms with van der Waals surface area (Å²) < 4.78 is 0. The number of hydrogen-bond donors (Lipinski definition) is 2. The number of aromatic nitrogens is 2. The Morgan fingerprint density at radius 1 is 1.11 bits per heavy atom. The molecule has 2 rings (SSSR count). The zero-order chi connectivity index (χ0) is 14.0. The van der Waals surface area contributed by atoms with Gasteiger partial charge in [-0.1, -0.05) is 29.5 Å². The largest absolute Gasteiger partial charge is 0.308 e. The maximum Gasteiger partial charge on any atom is 0.147 e. The van der Waals surface area contributed by atoms with E-state index in [-0.39, 0.29) is 0 Å². The first kappa shape index (κ1) is 13.8. The minimum absolute atomic E-state index is 0.680. The second-order valence-corrected chi connectivity index (χ2v) is 5.60. The van der Waals surface area contributed by atoms with E-state index in [4.69, 9.17) is 5.84 Å². The van der Waals surface area contributed by atoms with E-state index >= 15 is 0 Å². The van der Waals surface area contributed by atoms with Gasteiger partial charge in [0.1, 0.15) is 16.7 Å². The highest BCUT2D eigenvalue weighted by Crippen LogP contribution is 2.33. The van der Waals surface area contributed by atoms with Crippen LogP contribution in [-0.4, -0.2) is 9.97 Å². The van der Waals surface area contributed by atoms with E-state index < -0.39 is 0 Å². The predicted molar refractivity (Wildman–Crippen MR) is 79.4 cm³/mol. The van der Waals surface area contributed by atoms with Crippen molar-refractivity contribution in [2.75, 3.05) is 5.43 Å². The molecule has 0 saturated carbocycles. The van der Waals surface area contributed by atoms with Crippen LogP contribution in [0.3, 0.4) is 0 Å². The van der Waals surface area contributed by atoms with Crippen LogP contribution in [0.15, 0.2) is 28.1 Å². The van der Waals surface area contributed by atoms with Crippen molar-refractivity contribution >= 4 is 17.6 Å². The normalized spacial score (nSPS) is 10.6. The Kier molecular flexibility index (Phi) is 4.07. The molecular weight excluding hydrogens is 256 g/mol. The van der Waals surface area contributed by atoms with E-state index in [0.717, 1.165) is 10.6 Å². The van der Waals surface area contributed by atoms with Crippen LogP contribution in [0.1, 0.15) is 22.5 Å². The fourth-order valence-electron chi connectivity index (χ4n) is 1.86. The van der Waals surface area contributed by atoms with Crippen molar-refractivity contribution in [3.8, 4) is 0 Å². The van der Waals surface area contributed by atoms with Gasteiger partial charge in [-0.15, -0.1) is 0 Å².